The molecule has 0 saturated heterocycles. The van der Waals surface area contributed by atoms with Crippen molar-refractivity contribution in [2.24, 2.45) is 5.92 Å². The van der Waals surface area contributed by atoms with Gasteiger partial charge in [-0.05, 0) is 18.1 Å². The number of rotatable bonds is 5. The van der Waals surface area contributed by atoms with E-state index in [-0.39, 0.29) is 12.0 Å². The number of hydrogen-bond acceptors (Lipinski definition) is 5. The Morgan fingerprint density at radius 2 is 1.74 bits per heavy atom. The van der Waals surface area contributed by atoms with Crippen molar-refractivity contribution in [3.63, 3.8) is 0 Å². The summed E-state index contributed by atoms with van der Waals surface area (Å²) >= 11 is 0. The maximum Gasteiger partial charge on any atom is 0.320 e. The highest BCUT2D eigenvalue weighted by Crippen LogP contribution is 2.20. The molecule has 0 bridgehead atoms. The zero-order valence-electron chi connectivity index (χ0n) is 10.9. The van der Waals surface area contributed by atoms with Crippen LogP contribution in [0.2, 0.25) is 0 Å². The lowest BCUT2D eigenvalue weighted by Gasteiger charge is -2.13. The fourth-order valence-corrected chi connectivity index (χ4v) is 1.59. The van der Waals surface area contributed by atoms with Crippen LogP contribution in [-0.2, 0) is 25.5 Å². The van der Waals surface area contributed by atoms with Gasteiger partial charge >= 0.3 is 11.9 Å². The van der Waals surface area contributed by atoms with E-state index in [4.69, 9.17) is 4.74 Å². The molecular formula is C13H15FO5. The monoisotopic (exact) mass is 270 g/mol. The molecule has 19 heavy (non-hydrogen) atoms. The largest absolute Gasteiger partial charge is 0.497 e. The minimum Gasteiger partial charge on any atom is -0.497 e. The summed E-state index contributed by atoms with van der Waals surface area (Å²) in [7, 11) is 3.73. The van der Waals surface area contributed by atoms with Gasteiger partial charge in [0.05, 0.1) is 21.3 Å². The van der Waals surface area contributed by atoms with Crippen LogP contribution in [0.4, 0.5) is 4.39 Å². The van der Waals surface area contributed by atoms with Crippen molar-refractivity contribution in [3.05, 3.63) is 29.6 Å². The van der Waals surface area contributed by atoms with Crippen LogP contribution >= 0.6 is 0 Å². The Labute approximate surface area is 110 Å². The average Bonchev–Trinajstić information content (AvgIpc) is 2.44. The van der Waals surface area contributed by atoms with Gasteiger partial charge < -0.3 is 14.2 Å². The molecule has 1 rings (SSSR count). The third-order valence-corrected chi connectivity index (χ3v) is 2.66. The quantitative estimate of drug-likeness (QED) is 0.597. The first-order valence-electron chi connectivity index (χ1n) is 5.51. The summed E-state index contributed by atoms with van der Waals surface area (Å²) in [6.45, 7) is 0. The normalized spacial score (nSPS) is 10.2. The lowest BCUT2D eigenvalue weighted by Crippen LogP contribution is -2.28. The Bertz CT molecular complexity index is 456. The average molecular weight is 270 g/mol. The van der Waals surface area contributed by atoms with Crippen molar-refractivity contribution in [1.29, 1.82) is 0 Å². The molecule has 0 unspecified atom stereocenters. The van der Waals surface area contributed by atoms with Crippen LogP contribution in [0.1, 0.15) is 5.56 Å². The first-order valence-corrected chi connectivity index (χ1v) is 5.51. The van der Waals surface area contributed by atoms with Crippen molar-refractivity contribution in [3.8, 4) is 5.75 Å². The highest BCUT2D eigenvalue weighted by Gasteiger charge is 2.29. The molecule has 0 aliphatic heterocycles. The van der Waals surface area contributed by atoms with Gasteiger partial charge in [-0.1, -0.05) is 6.07 Å². The Morgan fingerprint density at radius 3 is 2.16 bits per heavy atom. The fourth-order valence-electron chi connectivity index (χ4n) is 1.59. The lowest BCUT2D eigenvalue weighted by atomic mass is 9.99. The van der Waals surface area contributed by atoms with Gasteiger partial charge in [0.25, 0.3) is 0 Å². The van der Waals surface area contributed by atoms with Crippen LogP contribution in [0.15, 0.2) is 18.2 Å². The molecule has 0 aliphatic carbocycles. The Morgan fingerprint density at radius 1 is 1.16 bits per heavy atom. The molecule has 0 aliphatic rings. The lowest BCUT2D eigenvalue weighted by molar-refractivity contribution is -0.158. The maximum atomic E-state index is 13.7. The van der Waals surface area contributed by atoms with E-state index in [9.17, 15) is 14.0 Å². The van der Waals surface area contributed by atoms with Gasteiger partial charge in [-0.3, -0.25) is 9.59 Å². The number of hydrogen-bond donors (Lipinski definition) is 0. The van der Waals surface area contributed by atoms with Crippen LogP contribution < -0.4 is 4.74 Å². The van der Waals surface area contributed by atoms with E-state index < -0.39 is 23.7 Å². The minimum absolute atomic E-state index is 0.130. The van der Waals surface area contributed by atoms with Crippen LogP contribution in [0.3, 0.4) is 0 Å². The van der Waals surface area contributed by atoms with Gasteiger partial charge in [0.1, 0.15) is 11.6 Å². The van der Waals surface area contributed by atoms with Gasteiger partial charge in [0.15, 0.2) is 5.92 Å². The van der Waals surface area contributed by atoms with E-state index in [1.807, 2.05) is 0 Å². The summed E-state index contributed by atoms with van der Waals surface area (Å²) in [4.78, 5) is 23.0. The van der Waals surface area contributed by atoms with Crippen molar-refractivity contribution in [2.75, 3.05) is 21.3 Å². The molecule has 104 valence electrons. The molecule has 0 atom stereocenters. The summed E-state index contributed by atoms with van der Waals surface area (Å²) in [5, 5.41) is 0. The van der Waals surface area contributed by atoms with E-state index in [0.717, 1.165) is 14.2 Å². The Hall–Kier alpha value is -2.11. The summed E-state index contributed by atoms with van der Waals surface area (Å²) in [5.74, 6) is -2.91. The van der Waals surface area contributed by atoms with E-state index in [0.29, 0.717) is 5.75 Å². The maximum absolute atomic E-state index is 13.7. The van der Waals surface area contributed by atoms with E-state index in [1.54, 1.807) is 6.07 Å². The molecule has 0 spiro atoms. The van der Waals surface area contributed by atoms with Crippen LogP contribution in [0.25, 0.3) is 0 Å². The number of halogens is 1. The Balaban J connectivity index is 2.96. The van der Waals surface area contributed by atoms with Crippen molar-refractivity contribution >= 4 is 11.9 Å². The molecule has 1 aromatic rings. The first-order chi connectivity index (χ1) is 9.03. The number of benzene rings is 1. The molecule has 6 heteroatoms. The molecule has 0 aromatic heterocycles. The molecule has 0 saturated carbocycles. The van der Waals surface area contributed by atoms with Gasteiger partial charge in [-0.15, -0.1) is 0 Å². The molecule has 0 fully saturated rings. The summed E-state index contributed by atoms with van der Waals surface area (Å²) < 4.78 is 27.6. The second kappa shape index (κ2) is 6.72. The minimum atomic E-state index is -1.18. The predicted molar refractivity (Wildman–Crippen MR) is 64.2 cm³/mol. The number of esters is 2. The number of ether oxygens (including phenoxy) is 3. The smallest absolute Gasteiger partial charge is 0.320 e. The van der Waals surface area contributed by atoms with Gasteiger partial charge in [-0.2, -0.15) is 0 Å². The number of carbonyl (C=O) groups excluding carboxylic acids is 2. The summed E-state index contributed by atoms with van der Waals surface area (Å²) in [5.41, 5.74) is 0.210. The third kappa shape index (κ3) is 3.67. The summed E-state index contributed by atoms with van der Waals surface area (Å²) in [6.07, 6.45) is -0.130. The molecule has 1 aromatic carbocycles. The standard InChI is InChI=1S/C13H15FO5/c1-17-9-5-4-8(11(14)7-9)6-10(12(15)18-2)13(16)19-3/h4-5,7,10H,6H2,1-3H3. The number of methoxy groups -OCH3 is 3. The van der Waals surface area contributed by atoms with Crippen LogP contribution in [0, 0.1) is 11.7 Å². The van der Waals surface area contributed by atoms with E-state index >= 15 is 0 Å². The van der Waals surface area contributed by atoms with E-state index in [2.05, 4.69) is 9.47 Å². The van der Waals surface area contributed by atoms with Crippen LogP contribution in [0.5, 0.6) is 5.75 Å². The van der Waals surface area contributed by atoms with E-state index in [1.165, 1.54) is 19.2 Å². The second-order valence-corrected chi connectivity index (χ2v) is 3.76. The molecule has 0 heterocycles. The topological polar surface area (TPSA) is 61.8 Å². The number of carbonyl (C=O) groups is 2. The zero-order valence-corrected chi connectivity index (χ0v) is 10.9. The first kappa shape index (κ1) is 14.9. The molecule has 0 amide bonds. The summed E-state index contributed by atoms with van der Waals surface area (Å²) in [6, 6.07) is 4.18. The van der Waals surface area contributed by atoms with Crippen molar-refractivity contribution in [2.45, 2.75) is 6.42 Å². The molecular weight excluding hydrogens is 255 g/mol. The van der Waals surface area contributed by atoms with Crippen molar-refractivity contribution in [1.82, 2.24) is 0 Å². The van der Waals surface area contributed by atoms with Gasteiger partial charge in [0.2, 0.25) is 0 Å². The molecule has 0 radical (unpaired) electrons. The molecule has 5 nitrogen and oxygen atoms in total. The zero-order chi connectivity index (χ0) is 14.4. The highest BCUT2D eigenvalue weighted by atomic mass is 19.1. The SMILES string of the molecule is COC(=O)C(Cc1ccc(OC)cc1F)C(=O)OC. The Kier molecular flexibility index (Phi) is 5.29. The second-order valence-electron chi connectivity index (χ2n) is 3.76. The third-order valence-electron chi connectivity index (χ3n) is 2.66. The highest BCUT2D eigenvalue weighted by molar-refractivity contribution is 5.95. The van der Waals surface area contributed by atoms with Gasteiger partial charge in [0, 0.05) is 6.07 Å². The predicted octanol–water partition coefficient (Wildman–Crippen LogP) is 1.34. The van der Waals surface area contributed by atoms with Gasteiger partial charge in [-0.25, -0.2) is 4.39 Å². The van der Waals surface area contributed by atoms with Crippen LogP contribution in [-0.4, -0.2) is 33.3 Å². The fraction of sp³-hybridized carbons (Fsp3) is 0.385. The molecule has 0 N–H and O–H groups in total. The van der Waals surface area contributed by atoms with Crippen molar-refractivity contribution < 1.29 is 28.2 Å².